The van der Waals surface area contributed by atoms with Crippen molar-refractivity contribution >= 4 is 17.7 Å². The summed E-state index contributed by atoms with van der Waals surface area (Å²) in [4.78, 5) is 12.4. The number of carbonyl (C=O) groups excluding carboxylic acids is 1. The van der Waals surface area contributed by atoms with E-state index in [1.54, 1.807) is 30.3 Å². The van der Waals surface area contributed by atoms with Gasteiger partial charge in [0, 0.05) is 11.8 Å². The molecule has 0 atom stereocenters. The van der Waals surface area contributed by atoms with Crippen molar-refractivity contribution in [2.24, 2.45) is 0 Å². The molecule has 1 heterocycles. The summed E-state index contributed by atoms with van der Waals surface area (Å²) in [6, 6.07) is 18.9. The summed E-state index contributed by atoms with van der Waals surface area (Å²) in [5.74, 6) is -0.310. The van der Waals surface area contributed by atoms with Gasteiger partial charge in [-0.15, -0.1) is 0 Å². The van der Waals surface area contributed by atoms with Crippen LogP contribution >= 0.6 is 0 Å². The number of nitriles is 1. The van der Waals surface area contributed by atoms with E-state index < -0.39 is 11.7 Å². The van der Waals surface area contributed by atoms with Crippen LogP contribution in [0.5, 0.6) is 0 Å². The third-order valence-electron chi connectivity index (χ3n) is 4.45. The van der Waals surface area contributed by atoms with Gasteiger partial charge in [-0.1, -0.05) is 37.6 Å². The van der Waals surface area contributed by atoms with Crippen LogP contribution in [-0.4, -0.2) is 5.91 Å². The van der Waals surface area contributed by atoms with Crippen LogP contribution in [0.2, 0.25) is 0 Å². The van der Waals surface area contributed by atoms with Crippen LogP contribution in [-0.2, 0) is 11.2 Å². The number of hydrogen-bond acceptors (Lipinski definition) is 3. The van der Waals surface area contributed by atoms with Crippen LogP contribution in [0, 0.1) is 17.1 Å². The van der Waals surface area contributed by atoms with Crippen LogP contribution in [0.25, 0.3) is 17.4 Å². The number of hydrogen-bond donors (Lipinski definition) is 1. The van der Waals surface area contributed by atoms with Crippen molar-refractivity contribution in [3.8, 4) is 17.4 Å². The molecule has 0 bridgehead atoms. The second kappa shape index (κ2) is 9.52. The number of rotatable bonds is 7. The van der Waals surface area contributed by atoms with Gasteiger partial charge in [0.2, 0.25) is 0 Å². The molecule has 146 valence electrons. The van der Waals surface area contributed by atoms with E-state index >= 15 is 0 Å². The normalized spacial score (nSPS) is 11.1. The van der Waals surface area contributed by atoms with E-state index in [2.05, 4.69) is 12.2 Å². The number of nitrogens with one attached hydrogen (secondary N) is 1. The fourth-order valence-electron chi connectivity index (χ4n) is 2.86. The molecular weight excluding hydrogens is 367 g/mol. The van der Waals surface area contributed by atoms with Crippen molar-refractivity contribution in [2.75, 3.05) is 5.32 Å². The first-order valence-electron chi connectivity index (χ1n) is 9.47. The Morgan fingerprint density at radius 3 is 2.59 bits per heavy atom. The van der Waals surface area contributed by atoms with Crippen LogP contribution in [0.1, 0.15) is 31.1 Å². The summed E-state index contributed by atoms with van der Waals surface area (Å²) in [7, 11) is 0. The van der Waals surface area contributed by atoms with Gasteiger partial charge in [0.15, 0.2) is 0 Å². The summed E-state index contributed by atoms with van der Waals surface area (Å²) in [5, 5.41) is 12.1. The molecule has 5 heteroatoms. The number of carbonyl (C=O) groups is 1. The lowest BCUT2D eigenvalue weighted by atomic mass is 10.1. The first-order valence-corrected chi connectivity index (χ1v) is 9.47. The van der Waals surface area contributed by atoms with Crippen molar-refractivity contribution < 1.29 is 13.6 Å². The predicted molar refractivity (Wildman–Crippen MR) is 111 cm³/mol. The lowest BCUT2D eigenvalue weighted by Gasteiger charge is -2.06. The van der Waals surface area contributed by atoms with Gasteiger partial charge in [-0.3, -0.25) is 4.79 Å². The Morgan fingerprint density at radius 1 is 1.14 bits per heavy atom. The zero-order valence-electron chi connectivity index (χ0n) is 16.1. The van der Waals surface area contributed by atoms with E-state index in [9.17, 15) is 14.4 Å². The van der Waals surface area contributed by atoms with Crippen molar-refractivity contribution in [1.29, 1.82) is 5.26 Å². The highest BCUT2D eigenvalue weighted by atomic mass is 19.1. The third kappa shape index (κ3) is 5.20. The molecule has 2 aromatic carbocycles. The molecular formula is C24H21FN2O2. The predicted octanol–water partition coefficient (Wildman–Crippen LogP) is 5.97. The maximum absolute atomic E-state index is 13.9. The Balaban J connectivity index is 1.72. The summed E-state index contributed by atoms with van der Waals surface area (Å²) in [5.41, 5.74) is 2.04. The summed E-state index contributed by atoms with van der Waals surface area (Å²) < 4.78 is 19.5. The molecule has 3 rings (SSSR count). The van der Waals surface area contributed by atoms with Crippen molar-refractivity contribution in [3.63, 3.8) is 0 Å². The second-order valence-corrected chi connectivity index (χ2v) is 6.61. The number of aryl methyl sites for hydroxylation is 1. The highest BCUT2D eigenvalue weighted by molar-refractivity contribution is 6.09. The topological polar surface area (TPSA) is 66.0 Å². The Labute approximate surface area is 169 Å². The van der Waals surface area contributed by atoms with Gasteiger partial charge in [-0.05, 0) is 54.8 Å². The van der Waals surface area contributed by atoms with Gasteiger partial charge in [0.1, 0.15) is 29.0 Å². The number of furan rings is 1. The molecule has 0 saturated heterocycles. The zero-order valence-corrected chi connectivity index (χ0v) is 16.1. The highest BCUT2D eigenvalue weighted by Gasteiger charge is 2.13. The van der Waals surface area contributed by atoms with E-state index in [-0.39, 0.29) is 5.57 Å². The van der Waals surface area contributed by atoms with Gasteiger partial charge in [-0.25, -0.2) is 4.39 Å². The first kappa shape index (κ1) is 20.1. The fourth-order valence-corrected chi connectivity index (χ4v) is 2.86. The van der Waals surface area contributed by atoms with Crippen molar-refractivity contribution in [1.82, 2.24) is 0 Å². The number of nitrogens with zero attached hydrogens (tertiary/aromatic N) is 1. The molecule has 0 fully saturated rings. The number of anilines is 1. The molecule has 1 N–H and O–H groups in total. The quantitative estimate of drug-likeness (QED) is 0.400. The molecule has 1 amide bonds. The van der Waals surface area contributed by atoms with Crippen molar-refractivity contribution in [2.45, 2.75) is 26.2 Å². The van der Waals surface area contributed by atoms with Crippen molar-refractivity contribution in [3.05, 3.63) is 83.4 Å². The zero-order chi connectivity index (χ0) is 20.6. The lowest BCUT2D eigenvalue weighted by Crippen LogP contribution is -2.13. The molecule has 0 unspecified atom stereocenters. The molecule has 0 spiro atoms. The average molecular weight is 388 g/mol. The van der Waals surface area contributed by atoms with Gasteiger partial charge in [-0.2, -0.15) is 5.26 Å². The Kier molecular flexibility index (Phi) is 6.59. The van der Waals surface area contributed by atoms with Gasteiger partial charge < -0.3 is 9.73 Å². The van der Waals surface area contributed by atoms with Gasteiger partial charge in [0.25, 0.3) is 5.91 Å². The minimum Gasteiger partial charge on any atom is -0.457 e. The molecule has 1 aromatic heterocycles. The number of benzene rings is 2. The second-order valence-electron chi connectivity index (χ2n) is 6.61. The molecule has 0 radical (unpaired) electrons. The van der Waals surface area contributed by atoms with E-state index in [1.165, 1.54) is 17.7 Å². The van der Waals surface area contributed by atoms with E-state index in [0.717, 1.165) is 19.3 Å². The largest absolute Gasteiger partial charge is 0.457 e. The molecule has 0 aliphatic heterocycles. The SMILES string of the molecule is CCCCc1ccc(NC(=O)/C(C#N)=C/c2ccc(-c3ccccc3F)o2)cc1. The Morgan fingerprint density at radius 2 is 1.90 bits per heavy atom. The maximum atomic E-state index is 13.9. The third-order valence-corrected chi connectivity index (χ3v) is 4.45. The monoisotopic (exact) mass is 388 g/mol. The first-order chi connectivity index (χ1) is 14.1. The molecule has 3 aromatic rings. The van der Waals surface area contributed by atoms with Crippen LogP contribution in [0.3, 0.4) is 0 Å². The van der Waals surface area contributed by atoms with Crippen LogP contribution in [0.15, 0.2) is 70.7 Å². The smallest absolute Gasteiger partial charge is 0.266 e. The van der Waals surface area contributed by atoms with Gasteiger partial charge in [0.05, 0.1) is 5.56 Å². The molecule has 0 saturated carbocycles. The fraction of sp³-hybridized carbons (Fsp3) is 0.167. The Bertz CT molecular complexity index is 1060. The lowest BCUT2D eigenvalue weighted by molar-refractivity contribution is -0.112. The average Bonchev–Trinajstić information content (AvgIpc) is 3.20. The summed E-state index contributed by atoms with van der Waals surface area (Å²) >= 11 is 0. The standard InChI is InChI=1S/C24H21FN2O2/c1-2-3-6-17-9-11-19(12-10-17)27-24(28)18(16-26)15-20-13-14-23(29-20)21-7-4-5-8-22(21)25/h4-5,7-15H,2-3,6H2,1H3,(H,27,28)/b18-15+. The highest BCUT2D eigenvalue weighted by Crippen LogP contribution is 2.26. The number of halogens is 1. The van der Waals surface area contributed by atoms with Crippen LogP contribution in [0.4, 0.5) is 10.1 Å². The van der Waals surface area contributed by atoms with Crippen LogP contribution < -0.4 is 5.32 Å². The molecule has 4 nitrogen and oxygen atoms in total. The number of unbranched alkanes of at least 4 members (excludes halogenated alkanes) is 1. The summed E-state index contributed by atoms with van der Waals surface area (Å²) in [6.07, 6.45) is 4.58. The van der Waals surface area contributed by atoms with E-state index in [4.69, 9.17) is 4.42 Å². The number of amides is 1. The Hall–Kier alpha value is -3.65. The maximum Gasteiger partial charge on any atom is 0.266 e. The minimum atomic E-state index is -0.530. The molecule has 0 aliphatic rings. The molecule has 0 aliphatic carbocycles. The van der Waals surface area contributed by atoms with E-state index in [1.807, 2.05) is 30.3 Å². The van der Waals surface area contributed by atoms with E-state index in [0.29, 0.717) is 22.8 Å². The summed E-state index contributed by atoms with van der Waals surface area (Å²) in [6.45, 7) is 2.14. The van der Waals surface area contributed by atoms with Gasteiger partial charge >= 0.3 is 0 Å². The minimum absolute atomic E-state index is 0.102. The molecule has 29 heavy (non-hydrogen) atoms.